The number of amides is 1. The second kappa shape index (κ2) is 7.89. The number of nitrogens with two attached hydrogens (primary N) is 1. The monoisotopic (exact) mass is 426 g/mol. The van der Waals surface area contributed by atoms with Gasteiger partial charge in [0.05, 0.1) is 32.6 Å². The number of anilines is 1. The average Bonchev–Trinajstić information content (AvgIpc) is 2.94. The predicted octanol–water partition coefficient (Wildman–Crippen LogP) is 3.07. The molecule has 1 aliphatic heterocycles. The molecule has 156 valence electrons. The lowest BCUT2D eigenvalue weighted by Crippen LogP contribution is -2.45. The molecule has 4 radical (unpaired) electrons. The van der Waals surface area contributed by atoms with Gasteiger partial charge in [0.25, 0.3) is 5.91 Å². The molecule has 0 spiro atoms. The molecule has 4 rings (SSSR count). The Kier molecular flexibility index (Phi) is 5.36. The largest absolute Gasteiger partial charge is 0.396 e. The topological polar surface area (TPSA) is 71.6 Å². The van der Waals surface area contributed by atoms with Crippen molar-refractivity contribution < 1.29 is 13.6 Å². The summed E-state index contributed by atoms with van der Waals surface area (Å²) in [6, 6.07) is 8.99. The van der Waals surface area contributed by atoms with Gasteiger partial charge >= 0.3 is 0 Å². The molecule has 0 aliphatic carbocycles. The lowest BCUT2D eigenvalue weighted by atomic mass is 9.59. The Labute approximate surface area is 187 Å². The molecular weight excluding hydrogens is 408 g/mol. The number of nitrogen functional groups attached to an aromatic ring is 1. The molecule has 2 heterocycles. The summed E-state index contributed by atoms with van der Waals surface area (Å²) >= 11 is 0. The maximum Gasteiger partial charge on any atom is 0.255 e. The predicted molar refractivity (Wildman–Crippen MR) is 122 cm³/mol. The van der Waals surface area contributed by atoms with Gasteiger partial charge in [-0.05, 0) is 47.9 Å². The summed E-state index contributed by atoms with van der Waals surface area (Å²) in [5, 5.41) is -1.67. The maximum absolute atomic E-state index is 15.3. The Morgan fingerprint density at radius 2 is 1.94 bits per heavy atom. The number of aryl methyl sites for hydroxylation is 1. The quantitative estimate of drug-likeness (QED) is 0.396. The van der Waals surface area contributed by atoms with Crippen molar-refractivity contribution in [2.45, 2.75) is 18.8 Å². The van der Waals surface area contributed by atoms with E-state index < -0.39 is 22.9 Å². The minimum absolute atomic E-state index is 0.0702. The van der Waals surface area contributed by atoms with Crippen molar-refractivity contribution in [3.05, 3.63) is 82.2 Å². The smallest absolute Gasteiger partial charge is 0.255 e. The van der Waals surface area contributed by atoms with Crippen LogP contribution in [0.2, 0.25) is 0 Å². The molecule has 1 amide bonds. The Bertz CT molecular complexity index is 1250. The van der Waals surface area contributed by atoms with Crippen molar-refractivity contribution in [3.63, 3.8) is 0 Å². The van der Waals surface area contributed by atoms with Gasteiger partial charge in [0.1, 0.15) is 11.6 Å². The summed E-state index contributed by atoms with van der Waals surface area (Å²) in [5.74, 6) is -1.57. The van der Waals surface area contributed by atoms with Gasteiger partial charge in [-0.1, -0.05) is 12.1 Å². The summed E-state index contributed by atoms with van der Waals surface area (Å²) in [6.45, 7) is 1.57. The van der Waals surface area contributed by atoms with Crippen LogP contribution in [-0.4, -0.2) is 44.7 Å². The van der Waals surface area contributed by atoms with E-state index in [4.69, 9.17) is 21.4 Å². The van der Waals surface area contributed by atoms with Crippen molar-refractivity contribution in [2.75, 3.05) is 12.8 Å². The van der Waals surface area contributed by atoms with Gasteiger partial charge in [-0.2, -0.15) is 0 Å². The molecular formula is C23H18B2F2N4O. The summed E-state index contributed by atoms with van der Waals surface area (Å²) in [4.78, 5) is 22.1. The number of carbonyl (C=O) groups excluding carboxylic acids is 1. The Balaban J connectivity index is 1.75. The fourth-order valence-corrected chi connectivity index (χ4v) is 3.96. The summed E-state index contributed by atoms with van der Waals surface area (Å²) in [6.07, 6.45) is 2.93. The summed E-state index contributed by atoms with van der Waals surface area (Å²) < 4.78 is 29.2. The van der Waals surface area contributed by atoms with Gasteiger partial charge in [-0.25, -0.2) is 8.78 Å². The highest BCUT2D eigenvalue weighted by Crippen LogP contribution is 2.36. The highest BCUT2D eigenvalue weighted by Gasteiger charge is 2.43. The summed E-state index contributed by atoms with van der Waals surface area (Å²) in [5.41, 5.74) is 8.54. The third kappa shape index (κ3) is 3.38. The molecule has 0 saturated carbocycles. The van der Waals surface area contributed by atoms with Crippen LogP contribution >= 0.6 is 0 Å². The Morgan fingerprint density at radius 3 is 2.59 bits per heavy atom. The van der Waals surface area contributed by atoms with Crippen LogP contribution in [0.3, 0.4) is 0 Å². The van der Waals surface area contributed by atoms with E-state index in [1.54, 1.807) is 25.1 Å². The lowest BCUT2D eigenvalue weighted by Gasteiger charge is -2.33. The van der Waals surface area contributed by atoms with Gasteiger partial charge < -0.3 is 10.6 Å². The zero-order valence-corrected chi connectivity index (χ0v) is 17.6. The van der Waals surface area contributed by atoms with E-state index in [0.717, 1.165) is 0 Å². The molecule has 0 unspecified atom stereocenters. The first-order valence-electron chi connectivity index (χ1n) is 9.81. The number of pyridine rings is 1. The van der Waals surface area contributed by atoms with E-state index >= 15 is 4.39 Å². The number of rotatable bonds is 4. The summed E-state index contributed by atoms with van der Waals surface area (Å²) in [7, 11) is 14.0. The molecule has 32 heavy (non-hydrogen) atoms. The number of carbonyl (C=O) groups is 1. The molecule has 0 saturated heterocycles. The third-order valence-electron chi connectivity index (χ3n) is 5.65. The van der Waals surface area contributed by atoms with Gasteiger partial charge in [0.2, 0.25) is 0 Å². The van der Waals surface area contributed by atoms with Gasteiger partial charge in [-0.15, -0.1) is 0 Å². The van der Waals surface area contributed by atoms with E-state index in [1.807, 2.05) is 0 Å². The Hall–Kier alpha value is -3.48. The van der Waals surface area contributed by atoms with Crippen molar-refractivity contribution >= 4 is 33.5 Å². The molecule has 0 fully saturated rings. The number of fused-ring (bicyclic) bond motifs is 1. The number of halogens is 2. The first-order valence-corrected chi connectivity index (χ1v) is 9.81. The van der Waals surface area contributed by atoms with Crippen LogP contribution in [0.4, 0.5) is 14.5 Å². The molecule has 2 aromatic carbocycles. The second-order valence-corrected chi connectivity index (χ2v) is 7.68. The number of hydrogen-bond donors (Lipinski definition) is 1. The third-order valence-corrected chi connectivity index (χ3v) is 5.65. The van der Waals surface area contributed by atoms with Crippen molar-refractivity contribution in [1.29, 1.82) is 0 Å². The lowest BCUT2D eigenvalue weighted by molar-refractivity contribution is 0.0729. The standard InChI is InChI=1S/C23H18B2F2N4O/c1-12-8-13(14-5-6-18(26)20(28)16(14)10-29-2)9-19(27)17(12)11-31-22(32)15-4-3-7-30-21(15)23(31,24)25/h3-10H,11,28H2,1-2H3. The molecule has 1 aliphatic rings. The molecule has 0 atom stereocenters. The SMILES string of the molecule is [B]C1([B])c2ncccc2C(=O)N1Cc1c(C)cc(-c2ccc(F)c(N)c2C=NC)cc1F. The highest BCUT2D eigenvalue weighted by molar-refractivity contribution is 6.42. The van der Waals surface area contributed by atoms with Crippen LogP contribution in [0.5, 0.6) is 0 Å². The van der Waals surface area contributed by atoms with E-state index in [0.29, 0.717) is 22.3 Å². The second-order valence-electron chi connectivity index (χ2n) is 7.68. The van der Waals surface area contributed by atoms with Crippen molar-refractivity contribution in [3.8, 4) is 11.1 Å². The maximum atomic E-state index is 15.3. The van der Waals surface area contributed by atoms with Crippen LogP contribution in [-0.2, 0) is 11.9 Å². The van der Waals surface area contributed by atoms with Crippen LogP contribution in [0.25, 0.3) is 11.1 Å². The number of aromatic nitrogens is 1. The van der Waals surface area contributed by atoms with E-state index in [1.165, 1.54) is 42.6 Å². The van der Waals surface area contributed by atoms with Crippen LogP contribution in [0.1, 0.15) is 32.7 Å². The molecule has 0 bridgehead atoms. The molecule has 9 heteroatoms. The molecule has 5 nitrogen and oxygen atoms in total. The first kappa shape index (κ1) is 21.7. The fraction of sp³-hybridized carbons (Fsp3) is 0.174. The molecule has 2 N–H and O–H groups in total. The van der Waals surface area contributed by atoms with Gasteiger partial charge in [0.15, 0.2) is 0 Å². The highest BCUT2D eigenvalue weighted by atomic mass is 19.1. The van der Waals surface area contributed by atoms with Crippen molar-refractivity contribution in [2.24, 2.45) is 4.99 Å². The number of benzene rings is 2. The number of aliphatic imine (C=N–C) groups is 1. The first-order chi connectivity index (χ1) is 15.2. The van der Waals surface area contributed by atoms with Crippen molar-refractivity contribution in [1.82, 2.24) is 9.88 Å². The van der Waals surface area contributed by atoms with E-state index in [2.05, 4.69) is 9.98 Å². The zero-order valence-electron chi connectivity index (χ0n) is 17.6. The number of hydrogen-bond acceptors (Lipinski definition) is 4. The average molecular weight is 426 g/mol. The molecule has 3 aromatic rings. The molecule has 1 aromatic heterocycles. The van der Waals surface area contributed by atoms with E-state index in [9.17, 15) is 9.18 Å². The van der Waals surface area contributed by atoms with Gasteiger partial charge in [-0.3, -0.25) is 14.8 Å². The normalized spacial score (nSPS) is 14.9. The number of nitrogens with zero attached hydrogens (tertiary/aromatic N) is 3. The Morgan fingerprint density at radius 1 is 1.19 bits per heavy atom. The van der Waals surface area contributed by atoms with E-state index in [-0.39, 0.29) is 29.1 Å². The van der Waals surface area contributed by atoms with Gasteiger partial charge in [0, 0.05) is 42.5 Å². The van der Waals surface area contributed by atoms with Crippen LogP contribution in [0, 0.1) is 18.6 Å². The van der Waals surface area contributed by atoms with Crippen LogP contribution < -0.4 is 5.73 Å². The zero-order chi connectivity index (χ0) is 23.2. The minimum Gasteiger partial charge on any atom is -0.396 e. The fourth-order valence-electron chi connectivity index (χ4n) is 3.96. The minimum atomic E-state index is -1.67. The van der Waals surface area contributed by atoms with Crippen LogP contribution in [0.15, 0.2) is 47.6 Å².